The summed E-state index contributed by atoms with van der Waals surface area (Å²) in [5, 5.41) is 0. The second kappa shape index (κ2) is 8.03. The van der Waals surface area contributed by atoms with E-state index in [1.165, 1.54) is 0 Å². The van der Waals surface area contributed by atoms with Crippen LogP contribution in [0, 0.1) is 0 Å². The molecule has 1 aliphatic rings. The Kier molecular flexibility index (Phi) is 5.54. The number of anilines is 1. The van der Waals surface area contributed by atoms with Crippen LogP contribution < -0.4 is 9.64 Å². The van der Waals surface area contributed by atoms with Crippen molar-refractivity contribution in [3.63, 3.8) is 0 Å². The second-order valence-corrected chi connectivity index (χ2v) is 6.17. The van der Waals surface area contributed by atoms with E-state index in [-0.39, 0.29) is 11.8 Å². The summed E-state index contributed by atoms with van der Waals surface area (Å²) in [6.45, 7) is 4.12. The molecule has 6 heteroatoms. The van der Waals surface area contributed by atoms with Crippen molar-refractivity contribution in [3.05, 3.63) is 59.7 Å². The Morgan fingerprint density at radius 3 is 2.07 bits per heavy atom. The predicted octanol–water partition coefficient (Wildman–Crippen LogP) is 3.60. The zero-order valence-electron chi connectivity index (χ0n) is 15.3. The van der Waals surface area contributed by atoms with Gasteiger partial charge in [0.15, 0.2) is 6.10 Å². The number of amides is 2. The molecule has 0 spiro atoms. The third-order valence-corrected chi connectivity index (χ3v) is 4.25. The Morgan fingerprint density at radius 1 is 0.963 bits per heavy atom. The summed E-state index contributed by atoms with van der Waals surface area (Å²) >= 11 is 0. The van der Waals surface area contributed by atoms with Crippen LogP contribution in [0.2, 0.25) is 0 Å². The molecule has 0 saturated carbocycles. The first kappa shape index (κ1) is 18.6. The third kappa shape index (κ3) is 3.69. The van der Waals surface area contributed by atoms with Gasteiger partial charge in [0.25, 0.3) is 11.8 Å². The summed E-state index contributed by atoms with van der Waals surface area (Å²) in [5.74, 6) is -0.628. The molecule has 0 saturated heterocycles. The summed E-state index contributed by atoms with van der Waals surface area (Å²) in [6.07, 6.45) is 0.529. The molecule has 1 heterocycles. The van der Waals surface area contributed by atoms with Gasteiger partial charge in [0, 0.05) is 0 Å². The highest BCUT2D eigenvalue weighted by molar-refractivity contribution is 6.34. The molecule has 0 aromatic heterocycles. The second-order valence-electron chi connectivity index (χ2n) is 6.17. The Balaban J connectivity index is 1.74. The zero-order chi connectivity index (χ0) is 19.4. The number of imide groups is 1. The molecule has 0 radical (unpaired) electrons. The molecule has 1 atom stereocenters. The molecule has 0 unspecified atom stereocenters. The van der Waals surface area contributed by atoms with Crippen LogP contribution in [0.1, 0.15) is 47.4 Å². The first-order chi connectivity index (χ1) is 13.1. The summed E-state index contributed by atoms with van der Waals surface area (Å²) < 4.78 is 10.8. The lowest BCUT2D eigenvalue weighted by Gasteiger charge is -2.18. The maximum absolute atomic E-state index is 12.5. The number of fused-ring (bicyclic) bond motifs is 1. The highest BCUT2D eigenvalue weighted by atomic mass is 16.6. The first-order valence-corrected chi connectivity index (χ1v) is 8.98. The number of carbonyl (C=O) groups is 3. The lowest BCUT2D eigenvalue weighted by molar-refractivity contribution is -0.152. The summed E-state index contributed by atoms with van der Waals surface area (Å²) in [7, 11) is 0. The zero-order valence-corrected chi connectivity index (χ0v) is 15.3. The Hall–Kier alpha value is -3.15. The molecule has 2 aromatic carbocycles. The monoisotopic (exact) mass is 367 g/mol. The van der Waals surface area contributed by atoms with Crippen molar-refractivity contribution >= 4 is 23.5 Å². The van der Waals surface area contributed by atoms with Gasteiger partial charge in [-0.1, -0.05) is 26.0 Å². The maximum Gasteiger partial charge on any atom is 0.347 e. The highest BCUT2D eigenvalue weighted by Gasteiger charge is 2.36. The topological polar surface area (TPSA) is 72.9 Å². The van der Waals surface area contributed by atoms with Crippen molar-refractivity contribution in [2.24, 2.45) is 0 Å². The smallest absolute Gasteiger partial charge is 0.347 e. The lowest BCUT2D eigenvalue weighted by Crippen LogP contribution is -2.30. The van der Waals surface area contributed by atoms with E-state index in [1.54, 1.807) is 48.5 Å². The molecule has 27 heavy (non-hydrogen) atoms. The van der Waals surface area contributed by atoms with E-state index < -0.39 is 12.1 Å². The number of ether oxygens (including phenoxy) is 2. The summed E-state index contributed by atoms with van der Waals surface area (Å²) in [6, 6.07) is 13.3. The predicted molar refractivity (Wildman–Crippen MR) is 100.0 cm³/mol. The van der Waals surface area contributed by atoms with Crippen LogP contribution in [0.25, 0.3) is 0 Å². The average Bonchev–Trinajstić information content (AvgIpc) is 2.95. The quantitative estimate of drug-likeness (QED) is 0.552. The van der Waals surface area contributed by atoms with E-state index >= 15 is 0 Å². The number of nitrogens with zero attached hydrogens (tertiary/aromatic N) is 1. The summed E-state index contributed by atoms with van der Waals surface area (Å²) in [4.78, 5) is 38.2. The molecule has 2 amide bonds. The molecule has 0 N–H and O–H groups in total. The highest BCUT2D eigenvalue weighted by Crippen LogP contribution is 2.29. The van der Waals surface area contributed by atoms with E-state index in [0.717, 1.165) is 11.3 Å². The van der Waals surface area contributed by atoms with E-state index in [0.29, 0.717) is 35.6 Å². The molecule has 3 rings (SSSR count). The minimum atomic E-state index is -0.693. The number of hydrogen-bond donors (Lipinski definition) is 0. The van der Waals surface area contributed by atoms with Crippen LogP contribution in [-0.4, -0.2) is 30.5 Å². The third-order valence-electron chi connectivity index (χ3n) is 4.25. The molecule has 1 aliphatic heterocycles. The molecule has 0 fully saturated rings. The van der Waals surface area contributed by atoms with Gasteiger partial charge in [0.1, 0.15) is 5.75 Å². The van der Waals surface area contributed by atoms with Crippen LogP contribution in [0.4, 0.5) is 5.69 Å². The minimum Gasteiger partial charge on any atom is -0.479 e. The van der Waals surface area contributed by atoms with Gasteiger partial charge in [0.05, 0.1) is 23.4 Å². The van der Waals surface area contributed by atoms with Gasteiger partial charge in [-0.15, -0.1) is 0 Å². The normalized spacial score (nSPS) is 14.1. The van der Waals surface area contributed by atoms with Gasteiger partial charge < -0.3 is 9.47 Å². The molecular weight excluding hydrogens is 346 g/mol. The van der Waals surface area contributed by atoms with E-state index in [4.69, 9.17) is 9.47 Å². The molecule has 6 nitrogen and oxygen atoms in total. The van der Waals surface area contributed by atoms with Gasteiger partial charge in [-0.05, 0) is 49.2 Å². The van der Waals surface area contributed by atoms with Crippen molar-refractivity contribution in [1.29, 1.82) is 0 Å². The summed E-state index contributed by atoms with van der Waals surface area (Å²) in [5.41, 5.74) is 1.25. The van der Waals surface area contributed by atoms with Crippen molar-refractivity contribution in [2.75, 3.05) is 11.5 Å². The molecular formula is C21H21NO5. The number of rotatable bonds is 7. The fourth-order valence-electron chi connectivity index (χ4n) is 2.86. The van der Waals surface area contributed by atoms with Crippen molar-refractivity contribution < 1.29 is 23.9 Å². The molecule has 140 valence electrons. The average molecular weight is 367 g/mol. The van der Waals surface area contributed by atoms with Gasteiger partial charge in [-0.25, -0.2) is 9.69 Å². The molecule has 2 aromatic rings. The number of benzene rings is 2. The largest absolute Gasteiger partial charge is 0.479 e. The van der Waals surface area contributed by atoms with Gasteiger partial charge in [0.2, 0.25) is 0 Å². The van der Waals surface area contributed by atoms with Crippen LogP contribution >= 0.6 is 0 Å². The Labute approximate surface area is 157 Å². The van der Waals surface area contributed by atoms with Gasteiger partial charge >= 0.3 is 5.97 Å². The Morgan fingerprint density at radius 2 is 1.56 bits per heavy atom. The van der Waals surface area contributed by atoms with Crippen LogP contribution in [0.15, 0.2) is 48.5 Å². The number of esters is 1. The van der Waals surface area contributed by atoms with Crippen molar-refractivity contribution in [1.82, 2.24) is 0 Å². The number of hydrogen-bond acceptors (Lipinski definition) is 5. The number of carbonyl (C=O) groups excluding carboxylic acids is 3. The standard InChI is InChI=1S/C21H21NO5/c1-3-13-26-21(25)18(4-2)27-15-11-9-14(10-12-15)22-19(23)16-7-5-6-8-17(16)20(22)24/h5-12,18H,3-4,13H2,1-2H3/t18-/m1/s1. The Bertz CT molecular complexity index is 824. The van der Waals surface area contributed by atoms with E-state index in [1.807, 2.05) is 13.8 Å². The van der Waals surface area contributed by atoms with Crippen LogP contribution in [-0.2, 0) is 9.53 Å². The SMILES string of the molecule is CCCOC(=O)[C@@H](CC)Oc1ccc(N2C(=O)c3ccccc3C2=O)cc1. The fraction of sp³-hybridized carbons (Fsp3) is 0.286. The maximum atomic E-state index is 12.5. The fourth-order valence-corrected chi connectivity index (χ4v) is 2.86. The van der Waals surface area contributed by atoms with Gasteiger partial charge in [-0.2, -0.15) is 0 Å². The van der Waals surface area contributed by atoms with E-state index in [2.05, 4.69) is 0 Å². The minimum absolute atomic E-state index is 0.348. The van der Waals surface area contributed by atoms with Crippen molar-refractivity contribution in [2.45, 2.75) is 32.8 Å². The van der Waals surface area contributed by atoms with Crippen LogP contribution in [0.5, 0.6) is 5.75 Å². The lowest BCUT2D eigenvalue weighted by atomic mass is 10.1. The molecule has 0 aliphatic carbocycles. The van der Waals surface area contributed by atoms with Crippen molar-refractivity contribution in [3.8, 4) is 5.75 Å². The van der Waals surface area contributed by atoms with Crippen LogP contribution in [0.3, 0.4) is 0 Å². The molecule has 0 bridgehead atoms. The van der Waals surface area contributed by atoms with Gasteiger partial charge in [-0.3, -0.25) is 9.59 Å². The van der Waals surface area contributed by atoms with E-state index in [9.17, 15) is 14.4 Å². The first-order valence-electron chi connectivity index (χ1n) is 8.98.